The van der Waals surface area contributed by atoms with Gasteiger partial charge in [0.05, 0.1) is 18.0 Å². The van der Waals surface area contributed by atoms with Crippen molar-refractivity contribution in [1.29, 1.82) is 0 Å². The SMILES string of the molecule is Cc1c(-n2nccn2)sc2c1C(=O)N(C1CCCNC1=O)C(O)N2. The van der Waals surface area contributed by atoms with Gasteiger partial charge in [-0.2, -0.15) is 10.2 Å². The van der Waals surface area contributed by atoms with Crippen molar-refractivity contribution in [1.82, 2.24) is 25.2 Å². The first-order chi connectivity index (χ1) is 11.6. The molecule has 2 aromatic heterocycles. The predicted molar refractivity (Wildman–Crippen MR) is 85.8 cm³/mol. The van der Waals surface area contributed by atoms with E-state index < -0.39 is 12.4 Å². The Balaban J connectivity index is 1.74. The Kier molecular flexibility index (Phi) is 3.50. The van der Waals surface area contributed by atoms with E-state index in [2.05, 4.69) is 20.8 Å². The molecule has 2 amide bonds. The number of fused-ring (bicyclic) bond motifs is 1. The van der Waals surface area contributed by atoms with Crippen molar-refractivity contribution in [2.45, 2.75) is 32.2 Å². The molecule has 4 heterocycles. The molecule has 2 unspecified atom stereocenters. The van der Waals surface area contributed by atoms with Gasteiger partial charge in [-0.1, -0.05) is 11.3 Å². The number of amides is 2. The van der Waals surface area contributed by atoms with Crippen LogP contribution in [0.3, 0.4) is 0 Å². The molecule has 2 aliphatic heterocycles. The van der Waals surface area contributed by atoms with Crippen molar-refractivity contribution >= 4 is 28.2 Å². The molecule has 24 heavy (non-hydrogen) atoms. The van der Waals surface area contributed by atoms with Crippen LogP contribution in [0.25, 0.3) is 5.00 Å². The van der Waals surface area contributed by atoms with Gasteiger partial charge in [0.1, 0.15) is 16.0 Å². The van der Waals surface area contributed by atoms with E-state index in [1.807, 2.05) is 6.92 Å². The Bertz CT molecular complexity index is 802. The highest BCUT2D eigenvalue weighted by Crippen LogP contribution is 2.39. The number of hydrogen-bond acceptors (Lipinski definition) is 7. The van der Waals surface area contributed by atoms with Crippen LogP contribution in [-0.4, -0.2) is 55.8 Å². The third kappa shape index (κ3) is 2.18. The van der Waals surface area contributed by atoms with Gasteiger partial charge < -0.3 is 15.7 Å². The van der Waals surface area contributed by atoms with Crippen LogP contribution in [0.1, 0.15) is 28.8 Å². The van der Waals surface area contributed by atoms with Gasteiger partial charge in [0.25, 0.3) is 5.91 Å². The van der Waals surface area contributed by atoms with Crippen LogP contribution >= 0.6 is 11.3 Å². The molecule has 9 nitrogen and oxygen atoms in total. The zero-order valence-corrected chi connectivity index (χ0v) is 13.7. The molecule has 10 heteroatoms. The quantitative estimate of drug-likeness (QED) is 0.707. The van der Waals surface area contributed by atoms with Crippen molar-refractivity contribution in [3.63, 3.8) is 0 Å². The number of carbonyl (C=O) groups excluding carboxylic acids is 2. The molecule has 0 aromatic carbocycles. The molecule has 0 radical (unpaired) electrons. The summed E-state index contributed by atoms with van der Waals surface area (Å²) in [6.07, 6.45) is 3.17. The molecular formula is C14H16N6O3S. The molecule has 0 spiro atoms. The van der Waals surface area contributed by atoms with Crippen LogP contribution in [0.5, 0.6) is 0 Å². The Morgan fingerprint density at radius 2 is 2.08 bits per heavy atom. The van der Waals surface area contributed by atoms with Gasteiger partial charge in [0.2, 0.25) is 12.3 Å². The second-order valence-corrected chi connectivity index (χ2v) is 6.73. The maximum atomic E-state index is 13.0. The summed E-state index contributed by atoms with van der Waals surface area (Å²) in [7, 11) is 0. The van der Waals surface area contributed by atoms with Crippen LogP contribution < -0.4 is 10.6 Å². The fourth-order valence-corrected chi connectivity index (χ4v) is 4.26. The third-order valence-corrected chi connectivity index (χ3v) is 5.47. The number of nitrogens with one attached hydrogen (secondary N) is 2. The molecular weight excluding hydrogens is 332 g/mol. The summed E-state index contributed by atoms with van der Waals surface area (Å²) >= 11 is 1.30. The molecule has 2 aliphatic rings. The number of aliphatic hydroxyl groups excluding tert-OH is 1. The number of aromatic nitrogens is 3. The lowest BCUT2D eigenvalue weighted by Gasteiger charge is -2.39. The van der Waals surface area contributed by atoms with E-state index in [1.54, 1.807) is 12.4 Å². The van der Waals surface area contributed by atoms with E-state index in [0.717, 1.165) is 12.0 Å². The number of nitrogens with zero attached hydrogens (tertiary/aromatic N) is 4. The lowest BCUT2D eigenvalue weighted by molar-refractivity contribution is -0.130. The molecule has 4 rings (SSSR count). The third-order valence-electron chi connectivity index (χ3n) is 4.29. The van der Waals surface area contributed by atoms with Crippen LogP contribution in [0, 0.1) is 6.92 Å². The summed E-state index contributed by atoms with van der Waals surface area (Å²) in [6, 6.07) is -0.674. The highest BCUT2D eigenvalue weighted by atomic mass is 32.1. The highest BCUT2D eigenvalue weighted by Gasteiger charge is 2.42. The minimum atomic E-state index is -1.24. The zero-order chi connectivity index (χ0) is 16.8. The van der Waals surface area contributed by atoms with Crippen LogP contribution in [-0.2, 0) is 4.79 Å². The van der Waals surface area contributed by atoms with Crippen LogP contribution in [0.15, 0.2) is 12.4 Å². The highest BCUT2D eigenvalue weighted by molar-refractivity contribution is 7.19. The maximum absolute atomic E-state index is 13.0. The lowest BCUT2D eigenvalue weighted by atomic mass is 10.0. The number of carbonyl (C=O) groups is 2. The second-order valence-electron chi connectivity index (χ2n) is 5.73. The van der Waals surface area contributed by atoms with E-state index in [9.17, 15) is 14.7 Å². The van der Waals surface area contributed by atoms with Crippen molar-refractivity contribution in [3.8, 4) is 5.00 Å². The number of anilines is 1. The Labute approximate surface area is 141 Å². The molecule has 0 bridgehead atoms. The second kappa shape index (κ2) is 5.56. The van der Waals surface area contributed by atoms with E-state index in [4.69, 9.17) is 0 Å². The first kappa shape index (κ1) is 15.1. The van der Waals surface area contributed by atoms with Crippen molar-refractivity contribution in [2.24, 2.45) is 0 Å². The molecule has 0 aliphatic carbocycles. The van der Waals surface area contributed by atoms with Gasteiger partial charge in [-0.3, -0.25) is 14.5 Å². The summed E-state index contributed by atoms with van der Waals surface area (Å²) in [5.41, 5.74) is 1.17. The average Bonchev–Trinajstić information content (AvgIpc) is 3.17. The fraction of sp³-hybridized carbons (Fsp3) is 0.429. The first-order valence-corrected chi connectivity index (χ1v) is 8.44. The Hall–Kier alpha value is -2.46. The minimum absolute atomic E-state index is 0.235. The summed E-state index contributed by atoms with van der Waals surface area (Å²) in [5, 5.41) is 25.5. The van der Waals surface area contributed by atoms with Crippen molar-refractivity contribution in [2.75, 3.05) is 11.9 Å². The maximum Gasteiger partial charge on any atom is 0.261 e. The molecule has 2 aromatic rings. The van der Waals surface area contributed by atoms with Gasteiger partial charge >= 0.3 is 0 Å². The van der Waals surface area contributed by atoms with Crippen LogP contribution in [0.4, 0.5) is 5.00 Å². The Morgan fingerprint density at radius 1 is 1.33 bits per heavy atom. The van der Waals surface area contributed by atoms with E-state index in [-0.39, 0.29) is 11.8 Å². The number of aliphatic hydroxyl groups is 1. The van der Waals surface area contributed by atoms with Crippen LogP contribution in [0.2, 0.25) is 0 Å². The van der Waals surface area contributed by atoms with Gasteiger partial charge in [0, 0.05) is 12.1 Å². The largest absolute Gasteiger partial charge is 0.356 e. The molecule has 1 saturated heterocycles. The van der Waals surface area contributed by atoms with E-state index in [0.29, 0.717) is 28.5 Å². The number of rotatable bonds is 2. The summed E-state index contributed by atoms with van der Waals surface area (Å²) < 4.78 is 0. The molecule has 3 N–H and O–H groups in total. The molecule has 1 fully saturated rings. The smallest absolute Gasteiger partial charge is 0.261 e. The minimum Gasteiger partial charge on any atom is -0.356 e. The van der Waals surface area contributed by atoms with Crippen molar-refractivity contribution in [3.05, 3.63) is 23.5 Å². The fourth-order valence-electron chi connectivity index (χ4n) is 3.13. The molecule has 2 atom stereocenters. The number of thiophene rings is 1. The number of hydrogen-bond donors (Lipinski definition) is 3. The lowest BCUT2D eigenvalue weighted by Crippen LogP contribution is -2.59. The molecule has 0 saturated carbocycles. The predicted octanol–water partition coefficient (Wildman–Crippen LogP) is 0.0594. The average molecular weight is 348 g/mol. The molecule has 126 valence electrons. The van der Waals surface area contributed by atoms with E-state index >= 15 is 0 Å². The van der Waals surface area contributed by atoms with Gasteiger partial charge in [-0.15, -0.1) is 4.80 Å². The number of piperidine rings is 1. The van der Waals surface area contributed by atoms with E-state index in [1.165, 1.54) is 21.0 Å². The van der Waals surface area contributed by atoms with Crippen molar-refractivity contribution < 1.29 is 14.7 Å². The summed E-state index contributed by atoms with van der Waals surface area (Å²) in [6.45, 7) is 2.41. The normalized spacial score (nSPS) is 23.7. The Morgan fingerprint density at radius 3 is 2.79 bits per heavy atom. The topological polar surface area (TPSA) is 112 Å². The standard InChI is InChI=1S/C14H16N6O3S/c1-7-9-11(24-13(7)20-16-5-6-17-20)18-14(23)19(12(9)22)8-3-2-4-15-10(8)21/h5-6,8,14,18,23H,2-4H2,1H3,(H,15,21). The van der Waals surface area contributed by atoms with Gasteiger partial charge in [-0.25, -0.2) is 0 Å². The first-order valence-electron chi connectivity index (χ1n) is 7.63. The zero-order valence-electron chi connectivity index (χ0n) is 12.9. The van der Waals surface area contributed by atoms with Gasteiger partial charge in [-0.05, 0) is 19.8 Å². The monoisotopic (exact) mass is 348 g/mol. The summed E-state index contributed by atoms with van der Waals surface area (Å²) in [4.78, 5) is 27.7. The summed E-state index contributed by atoms with van der Waals surface area (Å²) in [5.74, 6) is -0.591. The van der Waals surface area contributed by atoms with Gasteiger partial charge in [0.15, 0.2) is 0 Å².